The molecule has 2 aromatic heterocycles. The maximum absolute atomic E-state index is 13.2. The molecule has 3 N–H and O–H groups in total. The van der Waals surface area contributed by atoms with Gasteiger partial charge < -0.3 is 25.3 Å². The van der Waals surface area contributed by atoms with Crippen molar-refractivity contribution in [1.29, 1.82) is 0 Å². The van der Waals surface area contributed by atoms with E-state index in [-0.39, 0.29) is 11.5 Å². The molecule has 1 atom stereocenters. The number of nitrogen functional groups attached to an aromatic ring is 1. The second-order valence-electron chi connectivity index (χ2n) is 7.05. The van der Waals surface area contributed by atoms with E-state index >= 15 is 0 Å². The van der Waals surface area contributed by atoms with Gasteiger partial charge in [0.25, 0.3) is 0 Å². The minimum atomic E-state index is -4.53. The molecule has 32 heavy (non-hydrogen) atoms. The SMILES string of the molecule is COCCOc1cc2c(N[C@H](C)c3cc(C(F)(F)F)cc(N)n3)nc(C)nc2cc1OC. The van der Waals surface area contributed by atoms with Crippen molar-refractivity contribution in [3.8, 4) is 11.5 Å². The molecule has 0 radical (unpaired) electrons. The molecule has 0 saturated carbocycles. The molecule has 0 aliphatic rings. The summed E-state index contributed by atoms with van der Waals surface area (Å²) in [5.74, 6) is 1.61. The van der Waals surface area contributed by atoms with Crippen LogP contribution in [0.25, 0.3) is 10.9 Å². The fourth-order valence-electron chi connectivity index (χ4n) is 3.11. The number of alkyl halides is 3. The fraction of sp³-hybridized carbons (Fsp3) is 0.381. The Morgan fingerprint density at radius 1 is 1.03 bits per heavy atom. The first-order valence-corrected chi connectivity index (χ1v) is 9.71. The summed E-state index contributed by atoms with van der Waals surface area (Å²) in [5.41, 5.74) is 5.46. The number of methoxy groups -OCH3 is 2. The van der Waals surface area contributed by atoms with Crippen LogP contribution in [-0.4, -0.2) is 42.4 Å². The van der Waals surface area contributed by atoms with Gasteiger partial charge in [-0.05, 0) is 32.0 Å². The molecule has 0 amide bonds. The van der Waals surface area contributed by atoms with Crippen LogP contribution in [0.3, 0.4) is 0 Å². The maximum Gasteiger partial charge on any atom is 0.416 e. The number of ether oxygens (including phenoxy) is 3. The zero-order chi connectivity index (χ0) is 23.5. The van der Waals surface area contributed by atoms with Crippen molar-refractivity contribution in [3.63, 3.8) is 0 Å². The molecule has 0 aliphatic carbocycles. The minimum Gasteiger partial charge on any atom is -0.493 e. The fourth-order valence-corrected chi connectivity index (χ4v) is 3.11. The number of nitrogens with two attached hydrogens (primary N) is 1. The molecular formula is C21H24F3N5O3. The number of hydrogen-bond acceptors (Lipinski definition) is 8. The highest BCUT2D eigenvalue weighted by Crippen LogP contribution is 2.36. The quantitative estimate of drug-likeness (QED) is 0.493. The van der Waals surface area contributed by atoms with Crippen LogP contribution in [0.2, 0.25) is 0 Å². The van der Waals surface area contributed by atoms with Gasteiger partial charge in [0.15, 0.2) is 11.5 Å². The average molecular weight is 451 g/mol. The number of pyridine rings is 1. The second-order valence-corrected chi connectivity index (χ2v) is 7.05. The smallest absolute Gasteiger partial charge is 0.416 e. The summed E-state index contributed by atoms with van der Waals surface area (Å²) in [6.07, 6.45) is -4.53. The average Bonchev–Trinajstić information content (AvgIpc) is 2.72. The van der Waals surface area contributed by atoms with E-state index in [2.05, 4.69) is 20.3 Å². The number of hydrogen-bond donors (Lipinski definition) is 2. The molecule has 0 spiro atoms. The van der Waals surface area contributed by atoms with E-state index in [4.69, 9.17) is 19.9 Å². The molecule has 2 heterocycles. The number of aryl methyl sites for hydroxylation is 1. The molecular weight excluding hydrogens is 427 g/mol. The molecule has 0 fully saturated rings. The normalized spacial score (nSPS) is 12.6. The van der Waals surface area contributed by atoms with Gasteiger partial charge in [0.05, 0.1) is 36.5 Å². The highest BCUT2D eigenvalue weighted by Gasteiger charge is 2.32. The predicted octanol–water partition coefficient (Wildman–Crippen LogP) is 4.14. The van der Waals surface area contributed by atoms with E-state index in [1.165, 1.54) is 7.11 Å². The van der Waals surface area contributed by atoms with Crippen LogP contribution in [0.1, 0.15) is 30.0 Å². The molecule has 1 aromatic carbocycles. The lowest BCUT2D eigenvalue weighted by molar-refractivity contribution is -0.137. The topological polar surface area (TPSA) is 104 Å². The third kappa shape index (κ3) is 5.28. The van der Waals surface area contributed by atoms with Crippen molar-refractivity contribution in [1.82, 2.24) is 15.0 Å². The largest absolute Gasteiger partial charge is 0.493 e. The van der Waals surface area contributed by atoms with Gasteiger partial charge in [-0.3, -0.25) is 0 Å². The van der Waals surface area contributed by atoms with Crippen molar-refractivity contribution in [2.45, 2.75) is 26.1 Å². The van der Waals surface area contributed by atoms with Crippen molar-refractivity contribution in [3.05, 3.63) is 41.3 Å². The minimum absolute atomic E-state index is 0.131. The zero-order valence-electron chi connectivity index (χ0n) is 18.1. The monoisotopic (exact) mass is 451 g/mol. The Labute approximate surface area is 182 Å². The van der Waals surface area contributed by atoms with Gasteiger partial charge in [0.1, 0.15) is 24.1 Å². The Bertz CT molecular complexity index is 1110. The first-order chi connectivity index (χ1) is 15.1. The van der Waals surface area contributed by atoms with Crippen LogP contribution in [0.15, 0.2) is 24.3 Å². The highest BCUT2D eigenvalue weighted by atomic mass is 19.4. The van der Waals surface area contributed by atoms with Crippen LogP contribution >= 0.6 is 0 Å². The summed E-state index contributed by atoms with van der Waals surface area (Å²) in [6.45, 7) is 4.07. The number of nitrogens with zero attached hydrogens (tertiary/aromatic N) is 3. The van der Waals surface area contributed by atoms with Gasteiger partial charge in [-0.2, -0.15) is 13.2 Å². The van der Waals surface area contributed by atoms with E-state index in [0.717, 1.165) is 12.1 Å². The molecule has 8 nitrogen and oxygen atoms in total. The summed E-state index contributed by atoms with van der Waals surface area (Å²) < 4.78 is 55.7. The van der Waals surface area contributed by atoms with E-state index < -0.39 is 17.8 Å². The van der Waals surface area contributed by atoms with Gasteiger partial charge >= 0.3 is 6.18 Å². The molecule has 11 heteroatoms. The third-order valence-corrected chi connectivity index (χ3v) is 4.63. The number of nitrogens with one attached hydrogen (secondary N) is 1. The number of halogens is 3. The Balaban J connectivity index is 2.01. The Hall–Kier alpha value is -3.34. The number of aromatic nitrogens is 3. The van der Waals surface area contributed by atoms with Gasteiger partial charge in [-0.25, -0.2) is 15.0 Å². The summed E-state index contributed by atoms with van der Waals surface area (Å²) in [7, 11) is 3.08. The summed E-state index contributed by atoms with van der Waals surface area (Å²) >= 11 is 0. The Morgan fingerprint density at radius 3 is 2.44 bits per heavy atom. The van der Waals surface area contributed by atoms with Crippen LogP contribution in [-0.2, 0) is 10.9 Å². The lowest BCUT2D eigenvalue weighted by Crippen LogP contribution is -2.15. The van der Waals surface area contributed by atoms with Crippen LogP contribution in [0.5, 0.6) is 11.5 Å². The second kappa shape index (κ2) is 9.43. The molecule has 0 bridgehead atoms. The third-order valence-electron chi connectivity index (χ3n) is 4.63. The summed E-state index contributed by atoms with van der Waals surface area (Å²) in [6, 6.07) is 4.56. The predicted molar refractivity (Wildman–Crippen MR) is 114 cm³/mol. The number of anilines is 2. The molecule has 3 aromatic rings. The maximum atomic E-state index is 13.2. The molecule has 0 aliphatic heterocycles. The van der Waals surface area contributed by atoms with Crippen LogP contribution in [0.4, 0.5) is 24.8 Å². The molecule has 172 valence electrons. The Morgan fingerprint density at radius 2 is 1.78 bits per heavy atom. The molecule has 0 saturated heterocycles. The zero-order valence-corrected chi connectivity index (χ0v) is 18.1. The molecule has 0 unspecified atom stereocenters. The lowest BCUT2D eigenvalue weighted by atomic mass is 10.1. The number of rotatable bonds is 8. The van der Waals surface area contributed by atoms with Crippen molar-refractivity contribution >= 4 is 22.5 Å². The lowest BCUT2D eigenvalue weighted by Gasteiger charge is -2.19. The van der Waals surface area contributed by atoms with E-state index in [9.17, 15) is 13.2 Å². The van der Waals surface area contributed by atoms with Gasteiger partial charge in [0.2, 0.25) is 0 Å². The van der Waals surface area contributed by atoms with E-state index in [0.29, 0.717) is 47.3 Å². The van der Waals surface area contributed by atoms with E-state index in [1.807, 2.05) is 0 Å². The first kappa shape index (κ1) is 23.3. The Kier molecular flexibility index (Phi) is 6.87. The van der Waals surface area contributed by atoms with Crippen molar-refractivity contribution in [2.75, 3.05) is 38.5 Å². The van der Waals surface area contributed by atoms with Gasteiger partial charge in [-0.15, -0.1) is 0 Å². The van der Waals surface area contributed by atoms with Crippen molar-refractivity contribution < 1.29 is 27.4 Å². The van der Waals surface area contributed by atoms with Gasteiger partial charge in [-0.1, -0.05) is 0 Å². The molecule has 3 rings (SSSR count). The van der Waals surface area contributed by atoms with Crippen LogP contribution in [0, 0.1) is 6.92 Å². The first-order valence-electron chi connectivity index (χ1n) is 9.71. The summed E-state index contributed by atoms with van der Waals surface area (Å²) in [5, 5.41) is 3.73. The van der Waals surface area contributed by atoms with Gasteiger partial charge in [0, 0.05) is 18.6 Å². The van der Waals surface area contributed by atoms with E-state index in [1.54, 1.807) is 33.1 Å². The highest BCUT2D eigenvalue weighted by molar-refractivity contribution is 5.92. The summed E-state index contributed by atoms with van der Waals surface area (Å²) in [4.78, 5) is 12.9. The number of fused-ring (bicyclic) bond motifs is 1. The standard InChI is InChI=1S/C21H24F3N5O3/c1-11(15-7-13(21(22,23)24)8-19(25)29-15)26-20-14-9-18(32-6-5-30-3)17(31-4)10-16(14)27-12(2)28-20/h7-11H,5-6H2,1-4H3,(H2,25,29)(H,26,27,28)/t11-/m1/s1. The van der Waals surface area contributed by atoms with Crippen LogP contribution < -0.4 is 20.5 Å². The number of benzene rings is 1. The van der Waals surface area contributed by atoms with Crippen molar-refractivity contribution in [2.24, 2.45) is 0 Å².